The normalized spacial score (nSPS) is 11.0. The Morgan fingerprint density at radius 3 is 2.29 bits per heavy atom. The second-order valence-electron chi connectivity index (χ2n) is 4.10. The molecular formula is C14H14BrNO4S. The zero-order valence-electron chi connectivity index (χ0n) is 11.5. The molecule has 2 aromatic rings. The second kappa shape index (κ2) is 6.36. The first-order valence-electron chi connectivity index (χ1n) is 5.97. The lowest BCUT2D eigenvalue weighted by molar-refractivity contribution is 0.411. The van der Waals surface area contributed by atoms with E-state index < -0.39 is 10.0 Å². The van der Waals surface area contributed by atoms with E-state index in [-0.39, 0.29) is 4.90 Å². The first-order chi connectivity index (χ1) is 9.97. The average molecular weight is 372 g/mol. The maximum atomic E-state index is 12.4. The van der Waals surface area contributed by atoms with Gasteiger partial charge in [-0.15, -0.1) is 0 Å². The third kappa shape index (κ3) is 3.48. The van der Waals surface area contributed by atoms with Crippen molar-refractivity contribution in [3.05, 3.63) is 46.9 Å². The van der Waals surface area contributed by atoms with Crippen LogP contribution in [0.1, 0.15) is 0 Å². The van der Waals surface area contributed by atoms with Gasteiger partial charge in [-0.2, -0.15) is 0 Å². The van der Waals surface area contributed by atoms with Gasteiger partial charge in [0, 0.05) is 0 Å². The van der Waals surface area contributed by atoms with Crippen LogP contribution in [0.15, 0.2) is 51.8 Å². The van der Waals surface area contributed by atoms with Gasteiger partial charge in [0.1, 0.15) is 11.5 Å². The molecule has 5 nitrogen and oxygen atoms in total. The van der Waals surface area contributed by atoms with Crippen LogP contribution in [0.5, 0.6) is 11.5 Å². The fourth-order valence-electron chi connectivity index (χ4n) is 1.75. The van der Waals surface area contributed by atoms with Crippen molar-refractivity contribution in [1.29, 1.82) is 0 Å². The largest absolute Gasteiger partial charge is 0.496 e. The summed E-state index contributed by atoms with van der Waals surface area (Å²) in [5.41, 5.74) is 0.381. The number of rotatable bonds is 5. The zero-order valence-corrected chi connectivity index (χ0v) is 13.9. The van der Waals surface area contributed by atoms with Gasteiger partial charge in [0.2, 0.25) is 0 Å². The zero-order chi connectivity index (χ0) is 15.5. The molecule has 2 rings (SSSR count). The van der Waals surface area contributed by atoms with Crippen molar-refractivity contribution in [3.63, 3.8) is 0 Å². The number of anilines is 1. The molecule has 0 amide bonds. The standard InChI is InChI=1S/C14H14BrNO4S/c1-19-13-8-7-10(9-11(13)15)21(17,18)16-12-5-3-4-6-14(12)20-2/h3-9,16H,1-2H3. The lowest BCUT2D eigenvalue weighted by Crippen LogP contribution is -2.13. The molecule has 112 valence electrons. The summed E-state index contributed by atoms with van der Waals surface area (Å²) < 4.78 is 38.1. The van der Waals surface area contributed by atoms with Gasteiger partial charge < -0.3 is 9.47 Å². The second-order valence-corrected chi connectivity index (χ2v) is 6.64. The van der Waals surface area contributed by atoms with E-state index in [0.29, 0.717) is 21.7 Å². The van der Waals surface area contributed by atoms with Crippen LogP contribution in [0.25, 0.3) is 0 Å². The summed E-state index contributed by atoms with van der Waals surface area (Å²) in [7, 11) is -0.710. The van der Waals surface area contributed by atoms with Crippen molar-refractivity contribution in [2.75, 3.05) is 18.9 Å². The quantitative estimate of drug-likeness (QED) is 0.875. The van der Waals surface area contributed by atoms with E-state index in [4.69, 9.17) is 9.47 Å². The number of hydrogen-bond acceptors (Lipinski definition) is 4. The summed E-state index contributed by atoms with van der Waals surface area (Å²) in [4.78, 5) is 0.126. The Balaban J connectivity index is 2.36. The number of ether oxygens (including phenoxy) is 2. The fraction of sp³-hybridized carbons (Fsp3) is 0.143. The molecule has 0 aliphatic rings. The Bertz CT molecular complexity index is 746. The first kappa shape index (κ1) is 15.7. The molecule has 0 aliphatic heterocycles. The third-order valence-corrected chi connectivity index (χ3v) is 4.77. The van der Waals surface area contributed by atoms with Crippen molar-refractivity contribution in [2.24, 2.45) is 0 Å². The van der Waals surface area contributed by atoms with Crippen LogP contribution >= 0.6 is 15.9 Å². The summed E-state index contributed by atoms with van der Waals surface area (Å²) in [5.74, 6) is 1.01. The Hall–Kier alpha value is -1.73. The molecule has 0 radical (unpaired) electrons. The molecule has 0 bridgehead atoms. The highest BCUT2D eigenvalue weighted by molar-refractivity contribution is 9.10. The number of nitrogens with one attached hydrogen (secondary N) is 1. The van der Waals surface area contributed by atoms with E-state index in [0.717, 1.165) is 0 Å². The first-order valence-corrected chi connectivity index (χ1v) is 8.25. The summed E-state index contributed by atoms with van der Waals surface area (Å²) in [6.07, 6.45) is 0. The summed E-state index contributed by atoms with van der Waals surface area (Å²) in [5, 5.41) is 0. The highest BCUT2D eigenvalue weighted by Gasteiger charge is 2.17. The Labute approximate surface area is 132 Å². The van der Waals surface area contributed by atoms with Gasteiger partial charge >= 0.3 is 0 Å². The van der Waals surface area contributed by atoms with Crippen LogP contribution in [0.2, 0.25) is 0 Å². The topological polar surface area (TPSA) is 64.6 Å². The molecule has 0 saturated carbocycles. The van der Waals surface area contributed by atoms with E-state index in [2.05, 4.69) is 20.7 Å². The summed E-state index contributed by atoms with van der Waals surface area (Å²) in [6, 6.07) is 11.3. The van der Waals surface area contributed by atoms with Gasteiger partial charge in [-0.05, 0) is 46.3 Å². The molecule has 0 saturated heterocycles. The monoisotopic (exact) mass is 371 g/mol. The molecule has 1 N–H and O–H groups in total. The molecule has 7 heteroatoms. The Morgan fingerprint density at radius 1 is 1.00 bits per heavy atom. The van der Waals surface area contributed by atoms with E-state index in [1.807, 2.05) is 0 Å². The van der Waals surface area contributed by atoms with Gasteiger partial charge in [-0.25, -0.2) is 8.42 Å². The number of hydrogen-bond donors (Lipinski definition) is 1. The molecule has 0 unspecified atom stereocenters. The van der Waals surface area contributed by atoms with Crippen molar-refractivity contribution >= 4 is 31.6 Å². The number of methoxy groups -OCH3 is 2. The van der Waals surface area contributed by atoms with Crippen LogP contribution in [0.3, 0.4) is 0 Å². The van der Waals surface area contributed by atoms with Crippen molar-refractivity contribution in [2.45, 2.75) is 4.90 Å². The van der Waals surface area contributed by atoms with Gasteiger partial charge in [-0.1, -0.05) is 12.1 Å². The van der Waals surface area contributed by atoms with E-state index in [9.17, 15) is 8.42 Å². The molecule has 0 atom stereocenters. The van der Waals surface area contributed by atoms with Crippen LogP contribution < -0.4 is 14.2 Å². The molecule has 21 heavy (non-hydrogen) atoms. The van der Waals surface area contributed by atoms with E-state index in [1.54, 1.807) is 30.3 Å². The number of para-hydroxylation sites is 2. The van der Waals surface area contributed by atoms with Gasteiger partial charge in [0.05, 0.1) is 29.3 Å². The van der Waals surface area contributed by atoms with Crippen molar-refractivity contribution in [3.8, 4) is 11.5 Å². The van der Waals surface area contributed by atoms with Gasteiger partial charge in [0.25, 0.3) is 10.0 Å². The molecule has 0 spiro atoms. The van der Waals surface area contributed by atoms with Crippen LogP contribution in [-0.2, 0) is 10.0 Å². The fourth-order valence-corrected chi connectivity index (χ4v) is 3.54. The maximum absolute atomic E-state index is 12.4. The van der Waals surface area contributed by atoms with Crippen LogP contribution in [0, 0.1) is 0 Å². The maximum Gasteiger partial charge on any atom is 0.262 e. The lowest BCUT2D eigenvalue weighted by Gasteiger charge is -2.12. The molecule has 0 fully saturated rings. The van der Waals surface area contributed by atoms with Crippen LogP contribution in [0.4, 0.5) is 5.69 Å². The molecule has 0 heterocycles. The number of halogens is 1. The average Bonchev–Trinajstić information content (AvgIpc) is 2.47. The predicted molar refractivity (Wildman–Crippen MR) is 84.5 cm³/mol. The smallest absolute Gasteiger partial charge is 0.262 e. The molecule has 0 aliphatic carbocycles. The van der Waals surface area contributed by atoms with E-state index >= 15 is 0 Å². The minimum atomic E-state index is -3.71. The highest BCUT2D eigenvalue weighted by atomic mass is 79.9. The molecule has 2 aromatic carbocycles. The number of benzene rings is 2. The Kier molecular flexibility index (Phi) is 4.74. The molecular weight excluding hydrogens is 358 g/mol. The van der Waals surface area contributed by atoms with E-state index in [1.165, 1.54) is 26.4 Å². The Morgan fingerprint density at radius 2 is 1.67 bits per heavy atom. The summed E-state index contributed by atoms with van der Waals surface area (Å²) in [6.45, 7) is 0. The predicted octanol–water partition coefficient (Wildman–Crippen LogP) is 3.27. The third-order valence-electron chi connectivity index (χ3n) is 2.78. The van der Waals surface area contributed by atoms with Crippen molar-refractivity contribution < 1.29 is 17.9 Å². The SMILES string of the molecule is COc1ccc(S(=O)(=O)Nc2ccccc2OC)cc1Br. The van der Waals surface area contributed by atoms with Gasteiger partial charge in [-0.3, -0.25) is 4.72 Å². The minimum Gasteiger partial charge on any atom is -0.496 e. The summed E-state index contributed by atoms with van der Waals surface area (Å²) >= 11 is 3.27. The van der Waals surface area contributed by atoms with Crippen LogP contribution in [-0.4, -0.2) is 22.6 Å². The molecule has 0 aromatic heterocycles. The number of sulfonamides is 1. The van der Waals surface area contributed by atoms with Gasteiger partial charge in [0.15, 0.2) is 0 Å². The minimum absolute atomic E-state index is 0.126. The van der Waals surface area contributed by atoms with Crippen molar-refractivity contribution in [1.82, 2.24) is 0 Å². The lowest BCUT2D eigenvalue weighted by atomic mass is 10.3. The highest BCUT2D eigenvalue weighted by Crippen LogP contribution is 2.30.